The Balaban J connectivity index is 1.48. The van der Waals surface area contributed by atoms with Gasteiger partial charge in [-0.2, -0.15) is 0 Å². The summed E-state index contributed by atoms with van der Waals surface area (Å²) in [6.45, 7) is 2.34. The lowest BCUT2D eigenvalue weighted by atomic mass is 9.83. The van der Waals surface area contributed by atoms with E-state index in [1.807, 2.05) is 16.7 Å². The zero-order valence-electron chi connectivity index (χ0n) is 13.3. The van der Waals surface area contributed by atoms with Crippen molar-refractivity contribution < 1.29 is 8.42 Å². The number of rotatable bonds is 1. The van der Waals surface area contributed by atoms with E-state index in [0.717, 1.165) is 31.7 Å². The highest BCUT2D eigenvalue weighted by atomic mass is 32.2. The van der Waals surface area contributed by atoms with Crippen LogP contribution in [0.2, 0.25) is 0 Å². The van der Waals surface area contributed by atoms with E-state index in [1.165, 1.54) is 0 Å². The molecule has 2 fully saturated rings. The summed E-state index contributed by atoms with van der Waals surface area (Å²) in [5.41, 5.74) is 1.17. The molecule has 8 heteroatoms. The Labute approximate surface area is 146 Å². The first-order valence-corrected chi connectivity index (χ1v) is 10.6. The average Bonchev–Trinajstić information content (AvgIpc) is 2.87. The first-order valence-electron chi connectivity index (χ1n) is 8.37. The van der Waals surface area contributed by atoms with Crippen molar-refractivity contribution in [1.82, 2.24) is 14.8 Å². The van der Waals surface area contributed by atoms with Gasteiger partial charge in [0.2, 0.25) is 0 Å². The number of likely N-dealkylation sites (tertiary alicyclic amines) is 1. The van der Waals surface area contributed by atoms with Gasteiger partial charge in [0, 0.05) is 43.4 Å². The lowest BCUT2D eigenvalue weighted by molar-refractivity contribution is 0.176. The molecule has 0 amide bonds. The zero-order valence-corrected chi connectivity index (χ0v) is 15.0. The molecule has 3 aliphatic rings. The number of nitrogens with one attached hydrogen (secondary N) is 1. The molecular weight excluding hydrogens is 346 g/mol. The molecule has 24 heavy (non-hydrogen) atoms. The van der Waals surface area contributed by atoms with Crippen LogP contribution in [-0.2, 0) is 16.4 Å². The molecule has 3 atom stereocenters. The van der Waals surface area contributed by atoms with Crippen LogP contribution in [0.4, 0.5) is 0 Å². The van der Waals surface area contributed by atoms with Crippen molar-refractivity contribution in [2.75, 3.05) is 24.6 Å². The van der Waals surface area contributed by atoms with E-state index in [-0.39, 0.29) is 23.1 Å². The second-order valence-corrected chi connectivity index (χ2v) is 9.77. The highest BCUT2D eigenvalue weighted by molar-refractivity contribution is 7.91. The standard InChI is InChI=1S/C16H21N3O3S2/c20-15-3-1-2-14-12-6-11(8-19(14)15)7-18(9-12)16(23)17-13-4-5-24(21,22)10-13/h1-3,11-13H,4-10H2,(H,17,23)/t11-,12-,13?/m0/s1. The largest absolute Gasteiger partial charge is 0.359 e. The average molecular weight is 367 g/mol. The van der Waals surface area contributed by atoms with Crippen LogP contribution in [0.15, 0.2) is 23.0 Å². The fourth-order valence-corrected chi connectivity index (χ4v) is 6.23. The smallest absolute Gasteiger partial charge is 0.250 e. The second kappa shape index (κ2) is 5.84. The monoisotopic (exact) mass is 367 g/mol. The minimum Gasteiger partial charge on any atom is -0.359 e. The topological polar surface area (TPSA) is 71.4 Å². The fraction of sp³-hybridized carbons (Fsp3) is 0.625. The molecule has 2 bridgehead atoms. The molecule has 1 N–H and O–H groups in total. The quantitative estimate of drug-likeness (QED) is 0.722. The third-order valence-corrected chi connectivity index (χ3v) is 7.47. The molecule has 3 aliphatic heterocycles. The molecule has 1 unspecified atom stereocenters. The maximum Gasteiger partial charge on any atom is 0.250 e. The molecule has 6 nitrogen and oxygen atoms in total. The summed E-state index contributed by atoms with van der Waals surface area (Å²) in [6.07, 6.45) is 1.71. The molecule has 1 aromatic heterocycles. The maximum absolute atomic E-state index is 12.1. The van der Waals surface area contributed by atoms with E-state index in [0.29, 0.717) is 23.4 Å². The molecule has 2 saturated heterocycles. The Morgan fingerprint density at radius 1 is 1.25 bits per heavy atom. The van der Waals surface area contributed by atoms with E-state index in [2.05, 4.69) is 10.2 Å². The van der Waals surface area contributed by atoms with Gasteiger partial charge in [0.15, 0.2) is 14.9 Å². The number of nitrogens with zero attached hydrogens (tertiary/aromatic N) is 2. The number of aromatic nitrogens is 1. The third-order valence-electron chi connectivity index (χ3n) is 5.33. The van der Waals surface area contributed by atoms with E-state index in [4.69, 9.17) is 12.2 Å². The first-order chi connectivity index (χ1) is 11.4. The summed E-state index contributed by atoms with van der Waals surface area (Å²) in [4.78, 5) is 14.2. The van der Waals surface area contributed by atoms with Crippen LogP contribution in [0.5, 0.6) is 0 Å². The van der Waals surface area contributed by atoms with Gasteiger partial charge in [-0.15, -0.1) is 0 Å². The number of hydrogen-bond donors (Lipinski definition) is 1. The Morgan fingerprint density at radius 2 is 2.08 bits per heavy atom. The molecule has 0 radical (unpaired) electrons. The first kappa shape index (κ1) is 16.1. The summed E-state index contributed by atoms with van der Waals surface area (Å²) in [5, 5.41) is 3.89. The molecule has 0 spiro atoms. The number of fused-ring (bicyclic) bond motifs is 4. The molecule has 0 aliphatic carbocycles. The van der Waals surface area contributed by atoms with Crippen LogP contribution in [0, 0.1) is 5.92 Å². The number of hydrogen-bond acceptors (Lipinski definition) is 4. The van der Waals surface area contributed by atoms with Gasteiger partial charge < -0.3 is 14.8 Å². The van der Waals surface area contributed by atoms with Crippen LogP contribution in [0.1, 0.15) is 24.5 Å². The predicted octanol–water partition coefficient (Wildman–Crippen LogP) is 0.329. The SMILES string of the molecule is O=c1cccc2n1C[C@H]1C[C@H]2CN(C(=S)NC2CCS(=O)(=O)C2)C1. The van der Waals surface area contributed by atoms with Crippen molar-refractivity contribution in [3.05, 3.63) is 34.2 Å². The Bertz CT molecular complexity index is 833. The highest BCUT2D eigenvalue weighted by Crippen LogP contribution is 2.35. The molecule has 1 aromatic rings. The Morgan fingerprint density at radius 3 is 2.83 bits per heavy atom. The molecule has 4 heterocycles. The fourth-order valence-electron chi connectivity index (χ4n) is 4.24. The van der Waals surface area contributed by atoms with Gasteiger partial charge in [0.25, 0.3) is 5.56 Å². The molecule has 4 rings (SSSR count). The minimum atomic E-state index is -2.91. The zero-order chi connectivity index (χ0) is 16.9. The number of sulfone groups is 1. The van der Waals surface area contributed by atoms with Crippen LogP contribution in [0.3, 0.4) is 0 Å². The lowest BCUT2D eigenvalue weighted by Gasteiger charge is -2.44. The van der Waals surface area contributed by atoms with E-state index >= 15 is 0 Å². The number of thiocarbonyl (C=S) groups is 1. The maximum atomic E-state index is 12.1. The van der Waals surface area contributed by atoms with Crippen molar-refractivity contribution >= 4 is 27.2 Å². The number of pyridine rings is 1. The normalized spacial score (nSPS) is 30.7. The van der Waals surface area contributed by atoms with Crippen molar-refractivity contribution in [3.63, 3.8) is 0 Å². The highest BCUT2D eigenvalue weighted by Gasteiger charge is 2.36. The molecule has 0 saturated carbocycles. The van der Waals surface area contributed by atoms with Crippen LogP contribution < -0.4 is 10.9 Å². The summed E-state index contributed by atoms with van der Waals surface area (Å²) in [6, 6.07) is 5.41. The van der Waals surface area contributed by atoms with Gasteiger partial charge in [-0.1, -0.05) is 6.07 Å². The Kier molecular flexibility index (Phi) is 3.91. The van der Waals surface area contributed by atoms with E-state index in [1.54, 1.807) is 6.07 Å². The van der Waals surface area contributed by atoms with Gasteiger partial charge in [-0.25, -0.2) is 8.42 Å². The minimum absolute atomic E-state index is 0.0702. The molecule has 0 aromatic carbocycles. The number of piperidine rings is 1. The molecular formula is C16H21N3O3S2. The summed E-state index contributed by atoms with van der Waals surface area (Å²) in [7, 11) is -2.91. The van der Waals surface area contributed by atoms with Crippen molar-refractivity contribution in [2.45, 2.75) is 31.3 Å². The van der Waals surface area contributed by atoms with Crippen LogP contribution >= 0.6 is 12.2 Å². The molecule has 130 valence electrons. The van der Waals surface area contributed by atoms with E-state index in [9.17, 15) is 13.2 Å². The summed E-state index contributed by atoms with van der Waals surface area (Å²) < 4.78 is 25.1. The Hall–Kier alpha value is -1.41. The van der Waals surface area contributed by atoms with Gasteiger partial charge in [-0.05, 0) is 37.0 Å². The van der Waals surface area contributed by atoms with Crippen molar-refractivity contribution in [3.8, 4) is 0 Å². The van der Waals surface area contributed by atoms with Gasteiger partial charge in [0.05, 0.1) is 11.5 Å². The summed E-state index contributed by atoms with van der Waals surface area (Å²) in [5.74, 6) is 1.13. The summed E-state index contributed by atoms with van der Waals surface area (Å²) >= 11 is 5.54. The van der Waals surface area contributed by atoms with E-state index < -0.39 is 9.84 Å². The van der Waals surface area contributed by atoms with Gasteiger partial charge in [-0.3, -0.25) is 4.79 Å². The van der Waals surface area contributed by atoms with Gasteiger partial charge >= 0.3 is 0 Å². The van der Waals surface area contributed by atoms with Gasteiger partial charge in [0.1, 0.15) is 0 Å². The third kappa shape index (κ3) is 2.97. The van der Waals surface area contributed by atoms with Crippen LogP contribution in [0.25, 0.3) is 0 Å². The van der Waals surface area contributed by atoms with Crippen molar-refractivity contribution in [2.24, 2.45) is 5.92 Å². The van der Waals surface area contributed by atoms with Crippen molar-refractivity contribution in [1.29, 1.82) is 0 Å². The van der Waals surface area contributed by atoms with Crippen LogP contribution in [-0.4, -0.2) is 53.6 Å². The lowest BCUT2D eigenvalue weighted by Crippen LogP contribution is -2.53. The second-order valence-electron chi connectivity index (χ2n) is 7.15. The predicted molar refractivity (Wildman–Crippen MR) is 95.9 cm³/mol.